The second-order valence-electron chi connectivity index (χ2n) is 10.0. The highest BCUT2D eigenvalue weighted by Gasteiger charge is 2.18. The van der Waals surface area contributed by atoms with Gasteiger partial charge in [-0.2, -0.15) is 0 Å². The Morgan fingerprint density at radius 2 is 0.690 bits per heavy atom. The van der Waals surface area contributed by atoms with Crippen LogP contribution in [0.3, 0.4) is 0 Å². The van der Waals surface area contributed by atoms with Crippen LogP contribution in [0.15, 0.2) is 133 Å². The number of nitrogens with zero attached hydrogens (tertiary/aromatic N) is 2. The number of aromatic amines is 2. The van der Waals surface area contributed by atoms with E-state index >= 15 is 0 Å². The van der Waals surface area contributed by atoms with Gasteiger partial charge in [0.1, 0.15) is 23.1 Å². The third kappa shape index (κ3) is 4.82. The van der Waals surface area contributed by atoms with Crippen molar-refractivity contribution >= 4 is 0 Å². The molecule has 7 rings (SSSR count). The van der Waals surface area contributed by atoms with Crippen molar-refractivity contribution in [3.05, 3.63) is 133 Å². The van der Waals surface area contributed by atoms with E-state index in [1.165, 1.54) is 0 Å². The largest absolute Gasteiger partial charge is 0.508 e. The molecule has 0 radical (unpaired) electrons. The first-order valence-corrected chi connectivity index (χ1v) is 13.6. The van der Waals surface area contributed by atoms with E-state index in [0.29, 0.717) is 0 Å². The van der Waals surface area contributed by atoms with Gasteiger partial charge in [0, 0.05) is 33.4 Å². The predicted octanol–water partition coefficient (Wildman–Crippen LogP) is 8.55. The van der Waals surface area contributed by atoms with Crippen molar-refractivity contribution in [3.63, 3.8) is 0 Å². The highest BCUT2D eigenvalue weighted by Crippen LogP contribution is 2.37. The first kappa shape index (κ1) is 25.1. The number of H-pyrrole nitrogens is 2. The molecule has 0 saturated carbocycles. The van der Waals surface area contributed by atoms with Crippen molar-refractivity contribution in [2.24, 2.45) is 0 Å². The Morgan fingerprint density at radius 1 is 0.357 bits per heavy atom. The molecule has 0 fully saturated rings. The van der Waals surface area contributed by atoms with E-state index in [1.807, 2.05) is 60.7 Å². The van der Waals surface area contributed by atoms with E-state index in [-0.39, 0.29) is 11.5 Å². The van der Waals surface area contributed by atoms with Crippen LogP contribution in [-0.2, 0) is 0 Å². The number of imidazole rings is 2. The topological polar surface area (TPSA) is 97.8 Å². The molecule has 4 N–H and O–H groups in total. The molecule has 0 spiro atoms. The molecular formula is C36H26N4O2. The smallest absolute Gasteiger partial charge is 0.138 e. The van der Waals surface area contributed by atoms with Crippen LogP contribution >= 0.6 is 0 Å². The van der Waals surface area contributed by atoms with E-state index in [9.17, 15) is 10.2 Å². The van der Waals surface area contributed by atoms with Crippen LogP contribution in [0.4, 0.5) is 0 Å². The molecule has 0 aliphatic carbocycles. The van der Waals surface area contributed by atoms with E-state index in [1.54, 1.807) is 24.3 Å². The molecule has 6 heteroatoms. The zero-order valence-electron chi connectivity index (χ0n) is 22.5. The summed E-state index contributed by atoms with van der Waals surface area (Å²) in [5, 5.41) is 19.5. The fraction of sp³-hybridized carbons (Fsp3) is 0. The molecule has 7 aromatic rings. The molecule has 5 aromatic carbocycles. The summed E-state index contributed by atoms with van der Waals surface area (Å²) in [5.74, 6) is 1.88. The number of rotatable bonds is 6. The number of phenols is 2. The standard InChI is InChI=1S/C36H26N4O2/c41-29-19-15-27(16-20-29)35-37-31(23-7-3-1-4-8-23)33(39-35)25-11-13-26(14-12-25)34-32(24-9-5-2-6-10-24)38-36(40-34)28-17-21-30(42)22-18-28/h1-22,41-42H,(H,37,39)(H,38,40). The third-order valence-corrected chi connectivity index (χ3v) is 7.25. The normalized spacial score (nSPS) is 11.0. The molecule has 0 aliphatic rings. The van der Waals surface area contributed by atoms with Gasteiger partial charge in [0.2, 0.25) is 0 Å². The molecule has 0 atom stereocenters. The van der Waals surface area contributed by atoms with Crippen molar-refractivity contribution in [2.45, 2.75) is 0 Å². The Bertz CT molecular complexity index is 1810. The van der Waals surface area contributed by atoms with Gasteiger partial charge in [-0.25, -0.2) is 9.97 Å². The molecule has 0 bridgehead atoms. The van der Waals surface area contributed by atoms with Crippen LogP contribution in [0.25, 0.3) is 67.8 Å². The minimum absolute atomic E-state index is 0.214. The minimum Gasteiger partial charge on any atom is -0.508 e. The second-order valence-corrected chi connectivity index (χ2v) is 10.0. The Kier molecular flexibility index (Phi) is 6.33. The molecular weight excluding hydrogens is 520 g/mol. The molecule has 2 heterocycles. The van der Waals surface area contributed by atoms with Crippen molar-refractivity contribution in [1.82, 2.24) is 19.9 Å². The molecule has 0 amide bonds. The Hall–Kier alpha value is -5.88. The van der Waals surface area contributed by atoms with Gasteiger partial charge in [0.25, 0.3) is 0 Å². The maximum absolute atomic E-state index is 9.76. The maximum Gasteiger partial charge on any atom is 0.138 e. The zero-order chi connectivity index (χ0) is 28.5. The minimum atomic E-state index is 0.214. The van der Waals surface area contributed by atoms with E-state index in [2.05, 4.69) is 58.5 Å². The fourth-order valence-corrected chi connectivity index (χ4v) is 5.09. The summed E-state index contributed by atoms with van der Waals surface area (Å²) in [5.41, 5.74) is 9.31. The van der Waals surface area contributed by atoms with Gasteiger partial charge in [-0.05, 0) is 48.5 Å². The summed E-state index contributed by atoms with van der Waals surface area (Å²) in [6, 6.07) is 42.6. The van der Waals surface area contributed by atoms with E-state index in [4.69, 9.17) is 9.97 Å². The summed E-state index contributed by atoms with van der Waals surface area (Å²) in [6.45, 7) is 0. The Balaban J connectivity index is 1.31. The average Bonchev–Trinajstić information content (AvgIpc) is 3.69. The summed E-state index contributed by atoms with van der Waals surface area (Å²) in [7, 11) is 0. The first-order valence-electron chi connectivity index (χ1n) is 13.6. The van der Waals surface area contributed by atoms with Gasteiger partial charge in [0.15, 0.2) is 0 Å². The molecule has 2 aromatic heterocycles. The van der Waals surface area contributed by atoms with Gasteiger partial charge in [-0.15, -0.1) is 0 Å². The second kappa shape index (κ2) is 10.6. The van der Waals surface area contributed by atoms with Crippen LogP contribution in [0.5, 0.6) is 11.5 Å². The van der Waals surface area contributed by atoms with Crippen molar-refractivity contribution in [2.75, 3.05) is 0 Å². The lowest BCUT2D eigenvalue weighted by Gasteiger charge is -2.06. The monoisotopic (exact) mass is 546 g/mol. The molecule has 0 unspecified atom stereocenters. The zero-order valence-corrected chi connectivity index (χ0v) is 22.5. The summed E-state index contributed by atoms with van der Waals surface area (Å²) < 4.78 is 0. The van der Waals surface area contributed by atoms with Gasteiger partial charge in [0.05, 0.1) is 22.8 Å². The maximum atomic E-state index is 9.76. The molecule has 202 valence electrons. The lowest BCUT2D eigenvalue weighted by atomic mass is 10.0. The molecule has 0 saturated heterocycles. The van der Waals surface area contributed by atoms with Crippen LogP contribution in [0.1, 0.15) is 0 Å². The quantitative estimate of drug-likeness (QED) is 0.168. The molecule has 6 nitrogen and oxygen atoms in total. The van der Waals surface area contributed by atoms with Gasteiger partial charge in [-0.3, -0.25) is 0 Å². The fourth-order valence-electron chi connectivity index (χ4n) is 5.09. The van der Waals surface area contributed by atoms with Crippen molar-refractivity contribution in [1.29, 1.82) is 0 Å². The van der Waals surface area contributed by atoms with Crippen LogP contribution in [0.2, 0.25) is 0 Å². The Morgan fingerprint density at radius 3 is 1.14 bits per heavy atom. The highest BCUT2D eigenvalue weighted by atomic mass is 16.3. The average molecular weight is 547 g/mol. The van der Waals surface area contributed by atoms with E-state index < -0.39 is 0 Å². The van der Waals surface area contributed by atoms with Gasteiger partial charge in [-0.1, -0.05) is 84.9 Å². The first-order chi connectivity index (χ1) is 20.6. The van der Waals surface area contributed by atoms with Gasteiger partial charge >= 0.3 is 0 Å². The van der Waals surface area contributed by atoms with Crippen LogP contribution < -0.4 is 0 Å². The summed E-state index contributed by atoms with van der Waals surface area (Å²) in [4.78, 5) is 17.0. The summed E-state index contributed by atoms with van der Waals surface area (Å²) >= 11 is 0. The SMILES string of the molecule is Oc1ccc(-c2nc(-c3ccc(-c4[nH]c(-c5ccc(O)cc5)nc4-c4ccccc4)cc3)c(-c3ccccc3)[nH]2)cc1. The van der Waals surface area contributed by atoms with Crippen LogP contribution in [-0.4, -0.2) is 30.1 Å². The van der Waals surface area contributed by atoms with Gasteiger partial charge < -0.3 is 20.2 Å². The number of phenolic OH excluding ortho intramolecular Hbond substituents is 2. The Labute approximate surface area is 242 Å². The summed E-state index contributed by atoms with van der Waals surface area (Å²) in [6.07, 6.45) is 0. The molecule has 0 aliphatic heterocycles. The third-order valence-electron chi connectivity index (χ3n) is 7.25. The number of benzene rings is 5. The number of aromatic hydroxyl groups is 2. The predicted molar refractivity (Wildman–Crippen MR) is 167 cm³/mol. The van der Waals surface area contributed by atoms with Crippen molar-refractivity contribution < 1.29 is 10.2 Å². The highest BCUT2D eigenvalue weighted by molar-refractivity contribution is 5.85. The lowest BCUT2D eigenvalue weighted by molar-refractivity contribution is 0.475. The number of nitrogens with one attached hydrogen (secondary N) is 2. The van der Waals surface area contributed by atoms with Crippen molar-refractivity contribution in [3.8, 4) is 79.3 Å². The van der Waals surface area contributed by atoms with Crippen LogP contribution in [0, 0.1) is 0 Å². The molecule has 42 heavy (non-hydrogen) atoms. The number of aromatic nitrogens is 4. The van der Waals surface area contributed by atoms with E-state index in [0.717, 1.165) is 67.8 Å². The number of hydrogen-bond donors (Lipinski definition) is 4. The number of hydrogen-bond acceptors (Lipinski definition) is 4. The lowest BCUT2D eigenvalue weighted by Crippen LogP contribution is -1.86.